The minimum atomic E-state index is 0.298. The number of piperazine rings is 1. The van der Waals surface area contributed by atoms with E-state index in [0.29, 0.717) is 25.0 Å². The number of carbonyl (C=O) groups is 1. The molecule has 1 saturated carbocycles. The first-order valence-electron chi connectivity index (χ1n) is 7.11. The summed E-state index contributed by atoms with van der Waals surface area (Å²) in [6.07, 6.45) is 3.49. The van der Waals surface area contributed by atoms with Crippen LogP contribution in [0.15, 0.2) is 0 Å². The van der Waals surface area contributed by atoms with E-state index in [4.69, 9.17) is 5.73 Å². The van der Waals surface area contributed by atoms with E-state index in [-0.39, 0.29) is 0 Å². The van der Waals surface area contributed by atoms with Crippen LogP contribution in [0.4, 0.5) is 0 Å². The molecule has 1 amide bonds. The van der Waals surface area contributed by atoms with E-state index in [9.17, 15) is 4.79 Å². The van der Waals surface area contributed by atoms with Gasteiger partial charge in [0.15, 0.2) is 0 Å². The molecule has 18 heavy (non-hydrogen) atoms. The Morgan fingerprint density at radius 1 is 1.28 bits per heavy atom. The van der Waals surface area contributed by atoms with Gasteiger partial charge in [0, 0.05) is 38.8 Å². The lowest BCUT2D eigenvalue weighted by Crippen LogP contribution is -2.50. The van der Waals surface area contributed by atoms with Gasteiger partial charge in [0.25, 0.3) is 0 Å². The molecule has 2 fully saturated rings. The maximum Gasteiger partial charge on any atom is 0.236 e. The molecule has 0 spiro atoms. The maximum atomic E-state index is 12.2. The molecule has 0 bridgehead atoms. The zero-order valence-electron chi connectivity index (χ0n) is 11.5. The Labute approximate surface area is 110 Å². The molecule has 1 saturated heterocycles. The topological polar surface area (TPSA) is 52.8 Å². The summed E-state index contributed by atoms with van der Waals surface area (Å²) in [5.74, 6) is 0.298. The van der Waals surface area contributed by atoms with Gasteiger partial charge in [-0.3, -0.25) is 9.69 Å². The van der Waals surface area contributed by atoms with E-state index in [1.165, 1.54) is 12.8 Å². The molecule has 1 aliphatic heterocycles. The molecule has 5 nitrogen and oxygen atoms in total. The fourth-order valence-electron chi connectivity index (χ4n) is 2.45. The van der Waals surface area contributed by atoms with E-state index in [2.05, 4.69) is 16.8 Å². The highest BCUT2D eigenvalue weighted by atomic mass is 16.2. The molecule has 2 rings (SSSR count). The SMILES string of the molecule is CN1CCN(C(=O)CN(CCCN)C2CC2)CC1. The van der Waals surface area contributed by atoms with Gasteiger partial charge in [-0.05, 0) is 32.9 Å². The van der Waals surface area contributed by atoms with E-state index in [1.54, 1.807) is 0 Å². The maximum absolute atomic E-state index is 12.2. The van der Waals surface area contributed by atoms with Crippen molar-refractivity contribution in [2.45, 2.75) is 25.3 Å². The molecule has 1 aliphatic carbocycles. The lowest BCUT2D eigenvalue weighted by molar-refractivity contribution is -0.134. The Kier molecular flexibility index (Phi) is 4.97. The third-order valence-corrected chi connectivity index (χ3v) is 3.91. The van der Waals surface area contributed by atoms with Crippen molar-refractivity contribution < 1.29 is 4.79 Å². The Hall–Kier alpha value is -0.650. The number of nitrogens with zero attached hydrogens (tertiary/aromatic N) is 3. The minimum Gasteiger partial charge on any atom is -0.339 e. The number of nitrogens with two attached hydrogens (primary N) is 1. The second-order valence-corrected chi connectivity index (χ2v) is 5.53. The van der Waals surface area contributed by atoms with E-state index in [0.717, 1.165) is 39.1 Å². The van der Waals surface area contributed by atoms with Crippen molar-refractivity contribution >= 4 is 5.91 Å². The van der Waals surface area contributed by atoms with Crippen molar-refractivity contribution in [1.29, 1.82) is 0 Å². The highest BCUT2D eigenvalue weighted by molar-refractivity contribution is 5.78. The summed E-state index contributed by atoms with van der Waals surface area (Å²) in [4.78, 5) is 18.9. The Bertz CT molecular complexity index is 272. The van der Waals surface area contributed by atoms with Crippen molar-refractivity contribution in [3.8, 4) is 0 Å². The van der Waals surface area contributed by atoms with Crippen molar-refractivity contribution in [3.05, 3.63) is 0 Å². The molecule has 104 valence electrons. The quantitative estimate of drug-likeness (QED) is 0.699. The summed E-state index contributed by atoms with van der Waals surface area (Å²) < 4.78 is 0. The third kappa shape index (κ3) is 3.93. The first-order chi connectivity index (χ1) is 8.70. The normalized spacial score (nSPS) is 21.6. The fourth-order valence-corrected chi connectivity index (χ4v) is 2.45. The monoisotopic (exact) mass is 254 g/mol. The van der Waals surface area contributed by atoms with Crippen molar-refractivity contribution in [1.82, 2.24) is 14.7 Å². The fraction of sp³-hybridized carbons (Fsp3) is 0.923. The van der Waals surface area contributed by atoms with Crippen LogP contribution in [0.3, 0.4) is 0 Å². The molecule has 1 heterocycles. The van der Waals surface area contributed by atoms with Crippen molar-refractivity contribution in [3.63, 3.8) is 0 Å². The molecular formula is C13H26N4O. The molecule has 5 heteroatoms. The van der Waals surface area contributed by atoms with Crippen LogP contribution in [0.5, 0.6) is 0 Å². The predicted octanol–water partition coefficient (Wildman–Crippen LogP) is -0.426. The number of hydrogen-bond donors (Lipinski definition) is 1. The van der Waals surface area contributed by atoms with Crippen molar-refractivity contribution in [2.24, 2.45) is 5.73 Å². The molecule has 0 unspecified atom stereocenters. The van der Waals surface area contributed by atoms with E-state index < -0.39 is 0 Å². The second kappa shape index (κ2) is 6.50. The predicted molar refractivity (Wildman–Crippen MR) is 72.3 cm³/mol. The Morgan fingerprint density at radius 3 is 2.50 bits per heavy atom. The number of likely N-dealkylation sites (N-methyl/N-ethyl adjacent to an activating group) is 1. The van der Waals surface area contributed by atoms with Gasteiger partial charge in [0.1, 0.15) is 0 Å². The smallest absolute Gasteiger partial charge is 0.236 e. The summed E-state index contributed by atoms with van der Waals surface area (Å²) >= 11 is 0. The Balaban J connectivity index is 1.77. The third-order valence-electron chi connectivity index (χ3n) is 3.91. The minimum absolute atomic E-state index is 0.298. The highest BCUT2D eigenvalue weighted by Crippen LogP contribution is 2.26. The van der Waals surface area contributed by atoms with Gasteiger partial charge in [-0.15, -0.1) is 0 Å². The zero-order chi connectivity index (χ0) is 13.0. The van der Waals surface area contributed by atoms with Crippen LogP contribution < -0.4 is 5.73 Å². The van der Waals surface area contributed by atoms with Crippen LogP contribution in [-0.4, -0.2) is 79.5 Å². The van der Waals surface area contributed by atoms with Gasteiger partial charge < -0.3 is 15.5 Å². The van der Waals surface area contributed by atoms with Crippen LogP contribution in [0.2, 0.25) is 0 Å². The molecule has 0 atom stereocenters. The number of amides is 1. The average molecular weight is 254 g/mol. The standard InChI is InChI=1S/C13H26N4O/c1-15-7-9-16(10-8-15)13(18)11-17(6-2-5-14)12-3-4-12/h12H,2-11,14H2,1H3. The number of rotatable bonds is 6. The molecule has 0 aromatic rings. The van der Waals surface area contributed by atoms with Gasteiger partial charge in [-0.1, -0.05) is 0 Å². The molecule has 2 N–H and O–H groups in total. The summed E-state index contributed by atoms with van der Waals surface area (Å²) in [6, 6.07) is 0.646. The lowest BCUT2D eigenvalue weighted by atomic mass is 10.3. The molecule has 0 aromatic heterocycles. The van der Waals surface area contributed by atoms with E-state index in [1.807, 2.05) is 4.90 Å². The molecule has 2 aliphatic rings. The van der Waals surface area contributed by atoms with E-state index >= 15 is 0 Å². The first kappa shape index (κ1) is 13.8. The van der Waals surface area contributed by atoms with Gasteiger partial charge in [-0.25, -0.2) is 0 Å². The van der Waals surface area contributed by atoms with Gasteiger partial charge in [0.05, 0.1) is 6.54 Å². The van der Waals surface area contributed by atoms with Crippen LogP contribution >= 0.6 is 0 Å². The van der Waals surface area contributed by atoms with Gasteiger partial charge >= 0.3 is 0 Å². The molecule has 0 aromatic carbocycles. The van der Waals surface area contributed by atoms with Crippen LogP contribution in [-0.2, 0) is 4.79 Å². The van der Waals surface area contributed by atoms with Crippen molar-refractivity contribution in [2.75, 3.05) is 52.9 Å². The van der Waals surface area contributed by atoms with Gasteiger partial charge in [0.2, 0.25) is 5.91 Å². The summed E-state index contributed by atoms with van der Waals surface area (Å²) in [6.45, 7) is 6.03. The zero-order valence-corrected chi connectivity index (χ0v) is 11.5. The van der Waals surface area contributed by atoms with Crippen LogP contribution in [0.1, 0.15) is 19.3 Å². The summed E-state index contributed by atoms with van der Waals surface area (Å²) in [5, 5.41) is 0. The van der Waals surface area contributed by atoms with Gasteiger partial charge in [-0.2, -0.15) is 0 Å². The number of hydrogen-bond acceptors (Lipinski definition) is 4. The van der Waals surface area contributed by atoms with Crippen LogP contribution in [0, 0.1) is 0 Å². The largest absolute Gasteiger partial charge is 0.339 e. The second-order valence-electron chi connectivity index (χ2n) is 5.53. The summed E-state index contributed by atoms with van der Waals surface area (Å²) in [5.41, 5.74) is 5.56. The Morgan fingerprint density at radius 2 is 1.94 bits per heavy atom. The molecular weight excluding hydrogens is 228 g/mol. The lowest BCUT2D eigenvalue weighted by Gasteiger charge is -2.34. The first-order valence-corrected chi connectivity index (χ1v) is 7.11. The highest BCUT2D eigenvalue weighted by Gasteiger charge is 2.31. The molecule has 0 radical (unpaired) electrons. The van der Waals surface area contributed by atoms with Crippen LogP contribution in [0.25, 0.3) is 0 Å². The number of carbonyl (C=O) groups excluding carboxylic acids is 1. The average Bonchev–Trinajstić information content (AvgIpc) is 3.19. The summed E-state index contributed by atoms with van der Waals surface area (Å²) in [7, 11) is 2.11.